The molecule has 0 bridgehead atoms. The van der Waals surface area contributed by atoms with Gasteiger partial charge in [0.2, 0.25) is 5.91 Å². The van der Waals surface area contributed by atoms with Crippen molar-refractivity contribution in [2.75, 3.05) is 25.1 Å². The molecule has 5 rings (SSSR count). The summed E-state index contributed by atoms with van der Waals surface area (Å²) in [5.74, 6) is -0.642. The van der Waals surface area contributed by atoms with Gasteiger partial charge in [-0.25, -0.2) is 4.79 Å². The number of halogens is 1. The molecule has 1 saturated heterocycles. The fraction of sp³-hybridized carbons (Fsp3) is 0.194. The van der Waals surface area contributed by atoms with E-state index >= 15 is 0 Å². The van der Waals surface area contributed by atoms with E-state index in [1.54, 1.807) is 11.0 Å². The van der Waals surface area contributed by atoms with Gasteiger partial charge in [-0.1, -0.05) is 126 Å². The quantitative estimate of drug-likeness (QED) is 0.0679. The Morgan fingerprint density at radius 3 is 1.95 bits per heavy atom. The molecule has 1 amide bonds. The van der Waals surface area contributed by atoms with E-state index in [1.165, 1.54) is 17.3 Å². The zero-order chi connectivity index (χ0) is 30.9. The zero-order valence-corrected chi connectivity index (χ0v) is 27.6. The Morgan fingerprint density at radius 2 is 1.48 bits per heavy atom. The molecule has 1 heterocycles. The lowest BCUT2D eigenvalue weighted by atomic mass is 10.0. The molecule has 1 aliphatic heterocycles. The number of aryl methyl sites for hydroxylation is 1. The van der Waals surface area contributed by atoms with Gasteiger partial charge in [0.15, 0.2) is 0 Å². The predicted octanol–water partition coefficient (Wildman–Crippen LogP) is 5.31. The van der Waals surface area contributed by atoms with E-state index in [2.05, 4.69) is 34.6 Å². The molecule has 0 spiro atoms. The summed E-state index contributed by atoms with van der Waals surface area (Å²) >= 11 is 5.01. The summed E-state index contributed by atoms with van der Waals surface area (Å²) in [6.07, 6.45) is 2.97. The Hall–Kier alpha value is -3.35. The highest BCUT2D eigenvalue weighted by Crippen LogP contribution is 2.48. The number of carbonyl (C=O) groups excluding carboxylic acids is 2. The normalized spacial score (nSPS) is 14.5. The molecule has 0 radical (unpaired) electrons. The molecule has 0 saturated carbocycles. The van der Waals surface area contributed by atoms with Crippen LogP contribution in [0.4, 0.5) is 0 Å². The number of aliphatic hydroxyl groups excluding tert-OH is 1. The highest BCUT2D eigenvalue weighted by atomic mass is 79.9. The fourth-order valence-electron chi connectivity index (χ4n) is 5.61. The molecule has 4 aromatic carbocycles. The number of likely N-dealkylation sites (tertiary alicyclic amines) is 1. The molecular weight excluding hydrogens is 653 g/mol. The monoisotopic (exact) mass is 687 g/mol. The number of carbonyl (C=O) groups is 2. The molecule has 5 nitrogen and oxygen atoms in total. The standard InChI is InChI=1S/C36H35BrNO4PS/c1-2-24-42-36(41)35(38-26-33(34(38)40)44-32-19-18-27(20-22-37)28(25-32)21-23-39)43(29-12-6-3-7-13-29,30-14-8-4-9-15-30)31-16-10-5-11-17-31/h2-19,25,33,39H,1,20-24,26H2/t33-/m0/s1. The maximum Gasteiger partial charge on any atom is 0.356 e. The molecule has 4 aromatic rings. The number of amides is 1. The van der Waals surface area contributed by atoms with Crippen LogP contribution in [0.3, 0.4) is 0 Å². The summed E-state index contributed by atoms with van der Waals surface area (Å²) in [5.41, 5.74) is 2.65. The minimum Gasteiger partial charge on any atom is -0.457 e. The lowest BCUT2D eigenvalue weighted by Gasteiger charge is -2.43. The predicted molar refractivity (Wildman–Crippen MR) is 187 cm³/mol. The van der Waals surface area contributed by atoms with E-state index in [-0.39, 0.29) is 24.4 Å². The van der Waals surface area contributed by atoms with E-state index in [4.69, 9.17) is 4.74 Å². The molecule has 1 N–H and O–H groups in total. The number of hydrogen-bond donors (Lipinski definition) is 1. The second-order valence-electron chi connectivity index (χ2n) is 10.3. The van der Waals surface area contributed by atoms with E-state index < -0.39 is 12.9 Å². The summed E-state index contributed by atoms with van der Waals surface area (Å²) in [4.78, 5) is 31.0. The van der Waals surface area contributed by atoms with Gasteiger partial charge in [0.25, 0.3) is 0 Å². The van der Waals surface area contributed by atoms with Crippen molar-refractivity contribution in [2.24, 2.45) is 0 Å². The lowest BCUT2D eigenvalue weighted by Crippen LogP contribution is -2.61. The zero-order valence-electron chi connectivity index (χ0n) is 24.3. The first kappa shape index (κ1) is 32.1. The summed E-state index contributed by atoms with van der Waals surface area (Å²) in [7, 11) is 0. The average Bonchev–Trinajstić information content (AvgIpc) is 3.07. The second kappa shape index (κ2) is 15.1. The van der Waals surface area contributed by atoms with Crippen molar-refractivity contribution in [1.82, 2.24) is 4.90 Å². The molecule has 8 heteroatoms. The van der Waals surface area contributed by atoms with Crippen molar-refractivity contribution < 1.29 is 19.4 Å². The Morgan fingerprint density at radius 1 is 0.909 bits per heavy atom. The number of ether oxygens (including phenoxy) is 1. The third-order valence-electron chi connectivity index (χ3n) is 7.61. The number of β-lactam (4-membered cyclic amide) rings is 1. The van der Waals surface area contributed by atoms with Crippen LogP contribution in [-0.2, 0) is 27.2 Å². The number of alkyl halides is 1. The summed E-state index contributed by atoms with van der Waals surface area (Å²) in [6.45, 7) is 1.32. The first-order chi connectivity index (χ1) is 21.5. The maximum absolute atomic E-state index is 14.2. The number of benzene rings is 4. The van der Waals surface area contributed by atoms with Crippen molar-refractivity contribution in [3.63, 3.8) is 0 Å². The molecule has 0 aromatic heterocycles. The minimum absolute atomic E-state index is 0.0370. The summed E-state index contributed by atoms with van der Waals surface area (Å²) in [5, 5.41) is 13.0. The summed E-state index contributed by atoms with van der Waals surface area (Å²) in [6, 6.07) is 36.2. The molecular formula is C36H35BrNO4PS. The molecule has 0 aliphatic carbocycles. The number of esters is 1. The third kappa shape index (κ3) is 6.52. The van der Waals surface area contributed by atoms with Gasteiger partial charge in [0.1, 0.15) is 17.3 Å². The SMILES string of the molecule is C=CCOC(=O)C(N1C[C@H](Sc2ccc(CCBr)c(CCO)c2)C1=O)=P(c1ccccc1)(c1ccccc1)c1ccccc1. The maximum atomic E-state index is 14.2. The number of hydrogen-bond acceptors (Lipinski definition) is 5. The summed E-state index contributed by atoms with van der Waals surface area (Å²) < 4.78 is 5.77. The second-order valence-corrected chi connectivity index (χ2v) is 15.7. The molecule has 0 unspecified atom stereocenters. The first-order valence-electron chi connectivity index (χ1n) is 14.5. The van der Waals surface area contributed by atoms with Crippen molar-refractivity contribution in [3.05, 3.63) is 133 Å². The highest BCUT2D eigenvalue weighted by molar-refractivity contribution is 9.09. The third-order valence-corrected chi connectivity index (χ3v) is 13.4. The number of rotatable bonds is 13. The van der Waals surface area contributed by atoms with Crippen LogP contribution < -0.4 is 15.9 Å². The van der Waals surface area contributed by atoms with Gasteiger partial charge in [-0.3, -0.25) is 4.79 Å². The van der Waals surface area contributed by atoms with E-state index in [9.17, 15) is 14.7 Å². The van der Waals surface area contributed by atoms with E-state index in [0.29, 0.717) is 18.4 Å². The Balaban J connectivity index is 1.66. The van der Waals surface area contributed by atoms with Crippen LogP contribution in [-0.4, -0.2) is 57.6 Å². The fourth-order valence-corrected chi connectivity index (χ4v) is 11.5. The number of aliphatic hydroxyl groups is 1. The Bertz CT molecular complexity index is 1560. The van der Waals surface area contributed by atoms with Gasteiger partial charge in [0.05, 0.1) is 0 Å². The molecule has 1 fully saturated rings. The van der Waals surface area contributed by atoms with Crippen LogP contribution in [0, 0.1) is 0 Å². The van der Waals surface area contributed by atoms with Gasteiger partial charge in [-0.2, -0.15) is 0 Å². The van der Waals surface area contributed by atoms with Gasteiger partial charge < -0.3 is 14.7 Å². The largest absolute Gasteiger partial charge is 0.457 e. The smallest absolute Gasteiger partial charge is 0.356 e. The first-order valence-corrected chi connectivity index (χ1v) is 18.3. The van der Waals surface area contributed by atoms with E-state index in [1.807, 2.05) is 97.1 Å². The van der Waals surface area contributed by atoms with Crippen LogP contribution in [0.2, 0.25) is 0 Å². The Kier molecular flexibility index (Phi) is 11.0. The average molecular weight is 689 g/mol. The lowest BCUT2D eigenvalue weighted by molar-refractivity contribution is -0.140. The van der Waals surface area contributed by atoms with E-state index in [0.717, 1.165) is 38.1 Å². The van der Waals surface area contributed by atoms with Gasteiger partial charge >= 0.3 is 5.97 Å². The van der Waals surface area contributed by atoms with Crippen molar-refractivity contribution in [2.45, 2.75) is 23.0 Å². The molecule has 226 valence electrons. The van der Waals surface area contributed by atoms with Crippen LogP contribution in [0.25, 0.3) is 0 Å². The minimum atomic E-state index is -2.89. The number of thioether (sulfide) groups is 1. The molecule has 1 aliphatic rings. The van der Waals surface area contributed by atoms with Gasteiger partial charge in [-0.15, -0.1) is 11.8 Å². The highest BCUT2D eigenvalue weighted by Gasteiger charge is 2.47. The van der Waals surface area contributed by atoms with Crippen molar-refractivity contribution in [1.29, 1.82) is 0 Å². The van der Waals surface area contributed by atoms with Crippen molar-refractivity contribution >= 4 is 67.8 Å². The molecule has 1 atom stereocenters. The van der Waals surface area contributed by atoms with Crippen LogP contribution in [0.15, 0.2) is 127 Å². The van der Waals surface area contributed by atoms with Crippen molar-refractivity contribution in [3.8, 4) is 0 Å². The van der Waals surface area contributed by atoms with Gasteiger partial charge in [-0.05, 0) is 52.0 Å². The molecule has 44 heavy (non-hydrogen) atoms. The topological polar surface area (TPSA) is 66.8 Å². The Labute approximate surface area is 272 Å². The number of nitrogens with zero attached hydrogens (tertiary/aromatic N) is 1. The van der Waals surface area contributed by atoms with Crippen LogP contribution in [0.5, 0.6) is 0 Å². The van der Waals surface area contributed by atoms with Crippen LogP contribution in [0.1, 0.15) is 11.1 Å². The van der Waals surface area contributed by atoms with Crippen LogP contribution >= 0.6 is 34.6 Å². The van der Waals surface area contributed by atoms with Gasteiger partial charge in [0, 0.05) is 30.3 Å².